The molecule has 4 nitrogen and oxygen atoms in total. The van der Waals surface area contributed by atoms with E-state index in [1.165, 1.54) is 13.0 Å². The van der Waals surface area contributed by atoms with Gasteiger partial charge in [0.15, 0.2) is 5.69 Å². The van der Waals surface area contributed by atoms with Crippen LogP contribution >= 0.6 is 15.9 Å². The van der Waals surface area contributed by atoms with Crippen LogP contribution in [0.25, 0.3) is 0 Å². The summed E-state index contributed by atoms with van der Waals surface area (Å²) in [7, 11) is 0. The molecule has 0 aliphatic rings. The fourth-order valence-electron chi connectivity index (χ4n) is 1.04. The predicted octanol–water partition coefficient (Wildman–Crippen LogP) is 3.00. The molecule has 76 valence electrons. The van der Waals surface area contributed by atoms with Gasteiger partial charge in [0, 0.05) is 5.56 Å². The Hall–Kier alpha value is -1.11. The summed E-state index contributed by atoms with van der Waals surface area (Å²) in [4.78, 5) is 13.0. The smallest absolute Gasteiger partial charge is 0.258 e. The number of nitrogens with zero attached hydrogens (tertiary/aromatic N) is 2. The predicted molar refractivity (Wildman–Crippen MR) is 48.3 cm³/mol. The van der Waals surface area contributed by atoms with Crippen molar-refractivity contribution < 1.29 is 13.7 Å². The van der Waals surface area contributed by atoms with Crippen LogP contribution in [-0.2, 0) is 0 Å². The second-order valence-corrected chi connectivity index (χ2v) is 3.37. The molecule has 0 spiro atoms. The molecule has 0 radical (unpaired) electrons. The summed E-state index contributed by atoms with van der Waals surface area (Å²) in [6, 6.07) is 1.32. The van der Waals surface area contributed by atoms with E-state index in [0.717, 1.165) is 0 Å². The van der Waals surface area contributed by atoms with E-state index < -0.39 is 22.7 Å². The van der Waals surface area contributed by atoms with Crippen molar-refractivity contribution in [3.05, 3.63) is 32.0 Å². The summed E-state index contributed by atoms with van der Waals surface area (Å²) in [5.41, 5.74) is -1.27. The lowest BCUT2D eigenvalue weighted by atomic mass is 10.2. The molecular weight excluding hydrogens is 262 g/mol. The van der Waals surface area contributed by atoms with E-state index >= 15 is 0 Å². The largest absolute Gasteiger partial charge is 0.299 e. The van der Waals surface area contributed by atoms with Crippen molar-refractivity contribution in [1.29, 1.82) is 0 Å². The number of aromatic nitrogens is 1. The van der Waals surface area contributed by atoms with Gasteiger partial charge in [0.25, 0.3) is 12.1 Å². The molecule has 0 fully saturated rings. The van der Waals surface area contributed by atoms with Gasteiger partial charge in [0.2, 0.25) is 0 Å². The van der Waals surface area contributed by atoms with Gasteiger partial charge in [0.1, 0.15) is 4.60 Å². The van der Waals surface area contributed by atoms with Crippen molar-refractivity contribution in [2.75, 3.05) is 0 Å². The third-order valence-electron chi connectivity index (χ3n) is 1.57. The summed E-state index contributed by atoms with van der Waals surface area (Å²) in [5.74, 6) is 0. The highest BCUT2D eigenvalue weighted by Gasteiger charge is 2.26. The van der Waals surface area contributed by atoms with Gasteiger partial charge in [-0.25, -0.2) is 13.8 Å². The minimum atomic E-state index is -2.95. The lowest BCUT2D eigenvalue weighted by molar-refractivity contribution is -0.387. The van der Waals surface area contributed by atoms with Crippen LogP contribution in [0, 0.1) is 17.0 Å². The lowest BCUT2D eigenvalue weighted by Crippen LogP contribution is -2.02. The molecule has 0 aromatic carbocycles. The zero-order valence-corrected chi connectivity index (χ0v) is 8.59. The van der Waals surface area contributed by atoms with Crippen LogP contribution in [0.2, 0.25) is 0 Å². The van der Waals surface area contributed by atoms with Crippen molar-refractivity contribution in [2.24, 2.45) is 0 Å². The quantitative estimate of drug-likeness (QED) is 0.470. The molecule has 1 heterocycles. The topological polar surface area (TPSA) is 56.0 Å². The first-order valence-corrected chi connectivity index (χ1v) is 4.32. The van der Waals surface area contributed by atoms with Crippen molar-refractivity contribution in [1.82, 2.24) is 4.98 Å². The molecule has 1 aromatic rings. The zero-order chi connectivity index (χ0) is 10.9. The van der Waals surface area contributed by atoms with Crippen LogP contribution < -0.4 is 0 Å². The van der Waals surface area contributed by atoms with E-state index in [0.29, 0.717) is 0 Å². The second-order valence-electron chi connectivity index (χ2n) is 2.55. The molecule has 1 aromatic heterocycles. The summed E-state index contributed by atoms with van der Waals surface area (Å²) >= 11 is 2.90. The van der Waals surface area contributed by atoms with Crippen LogP contribution in [0.5, 0.6) is 0 Å². The van der Waals surface area contributed by atoms with Crippen molar-refractivity contribution in [3.63, 3.8) is 0 Å². The fraction of sp³-hybridized carbons (Fsp3) is 0.286. The Morgan fingerprint density at radius 1 is 1.64 bits per heavy atom. The number of pyridine rings is 1. The van der Waals surface area contributed by atoms with Gasteiger partial charge in [-0.3, -0.25) is 10.1 Å². The highest BCUT2D eigenvalue weighted by molar-refractivity contribution is 9.10. The maximum atomic E-state index is 12.4. The molecule has 0 amide bonds. The van der Waals surface area contributed by atoms with Gasteiger partial charge in [-0.1, -0.05) is 0 Å². The Bertz CT molecular complexity index is 384. The van der Waals surface area contributed by atoms with Crippen LogP contribution in [0.15, 0.2) is 10.7 Å². The Morgan fingerprint density at radius 3 is 2.64 bits per heavy atom. The van der Waals surface area contributed by atoms with Crippen molar-refractivity contribution >= 4 is 21.6 Å². The Morgan fingerprint density at radius 2 is 2.21 bits per heavy atom. The van der Waals surface area contributed by atoms with Gasteiger partial charge in [0.05, 0.1) is 4.92 Å². The monoisotopic (exact) mass is 266 g/mol. The van der Waals surface area contributed by atoms with Gasteiger partial charge < -0.3 is 0 Å². The fourth-order valence-corrected chi connectivity index (χ4v) is 1.57. The highest BCUT2D eigenvalue weighted by Crippen LogP contribution is 2.31. The van der Waals surface area contributed by atoms with E-state index in [4.69, 9.17) is 0 Å². The third-order valence-corrected chi connectivity index (χ3v) is 1.97. The number of hydrogen-bond donors (Lipinski definition) is 0. The van der Waals surface area contributed by atoms with E-state index in [-0.39, 0.29) is 10.2 Å². The molecule has 0 saturated heterocycles. The molecule has 1 rings (SSSR count). The van der Waals surface area contributed by atoms with Gasteiger partial charge >= 0.3 is 0 Å². The molecule has 0 N–H and O–H groups in total. The summed E-state index contributed by atoms with van der Waals surface area (Å²) in [6.45, 7) is 1.39. The lowest BCUT2D eigenvalue weighted by Gasteiger charge is -2.03. The zero-order valence-electron chi connectivity index (χ0n) is 7.00. The maximum Gasteiger partial charge on any atom is 0.299 e. The van der Waals surface area contributed by atoms with Crippen LogP contribution in [0.1, 0.15) is 17.7 Å². The standard InChI is InChI=1S/C7H5BrF2N2O2/c1-3-2-4(8)11-5(7(9)10)6(3)12(13)14/h2,7H,1H3. The average molecular weight is 267 g/mol. The molecule has 14 heavy (non-hydrogen) atoms. The average Bonchev–Trinajstić information content (AvgIpc) is 2.01. The minimum absolute atomic E-state index is 0.159. The van der Waals surface area contributed by atoms with Gasteiger partial charge in [-0.05, 0) is 28.9 Å². The van der Waals surface area contributed by atoms with Gasteiger partial charge in [-0.2, -0.15) is 0 Å². The number of rotatable bonds is 2. The molecular formula is C7H5BrF2N2O2. The minimum Gasteiger partial charge on any atom is -0.258 e. The van der Waals surface area contributed by atoms with Crippen molar-refractivity contribution in [3.8, 4) is 0 Å². The van der Waals surface area contributed by atoms with Crippen LogP contribution in [0.3, 0.4) is 0 Å². The normalized spacial score (nSPS) is 10.6. The van der Waals surface area contributed by atoms with Crippen LogP contribution in [0.4, 0.5) is 14.5 Å². The number of halogens is 3. The number of hydrogen-bond acceptors (Lipinski definition) is 3. The van der Waals surface area contributed by atoms with E-state index in [1.54, 1.807) is 0 Å². The summed E-state index contributed by atoms with van der Waals surface area (Å²) in [5, 5.41) is 10.5. The first kappa shape index (κ1) is 11.0. The summed E-state index contributed by atoms with van der Waals surface area (Å²) in [6.07, 6.45) is -2.95. The van der Waals surface area contributed by atoms with Crippen LogP contribution in [-0.4, -0.2) is 9.91 Å². The molecule has 0 saturated carbocycles. The molecule has 0 aliphatic carbocycles. The molecule has 0 bridgehead atoms. The molecule has 7 heteroatoms. The molecule has 0 unspecified atom stereocenters. The van der Waals surface area contributed by atoms with E-state index in [1.807, 2.05) is 0 Å². The third kappa shape index (κ3) is 2.03. The highest BCUT2D eigenvalue weighted by atomic mass is 79.9. The van der Waals surface area contributed by atoms with Crippen molar-refractivity contribution in [2.45, 2.75) is 13.3 Å². The van der Waals surface area contributed by atoms with E-state index in [2.05, 4.69) is 20.9 Å². The molecule has 0 atom stereocenters. The Balaban J connectivity index is 3.44. The number of nitro groups is 1. The molecule has 0 aliphatic heterocycles. The maximum absolute atomic E-state index is 12.4. The van der Waals surface area contributed by atoms with E-state index in [9.17, 15) is 18.9 Å². The SMILES string of the molecule is Cc1cc(Br)nc(C(F)F)c1[N+](=O)[O-]. The first-order chi connectivity index (χ1) is 6.43. The summed E-state index contributed by atoms with van der Waals surface area (Å²) < 4.78 is 24.9. The Labute approximate surface area is 86.2 Å². The number of aryl methyl sites for hydroxylation is 1. The number of alkyl halides is 2. The first-order valence-electron chi connectivity index (χ1n) is 3.53. The Kier molecular flexibility index (Phi) is 3.10. The second kappa shape index (κ2) is 3.95. The van der Waals surface area contributed by atoms with Gasteiger partial charge in [-0.15, -0.1) is 0 Å².